The van der Waals surface area contributed by atoms with E-state index in [0.717, 1.165) is 9.75 Å². The maximum Gasteiger partial charge on any atom is 0.257 e. The minimum Gasteiger partial charge on any atom is -0.483 e. The van der Waals surface area contributed by atoms with Crippen molar-refractivity contribution >= 4 is 33.2 Å². The number of thiophene rings is 1. The third kappa shape index (κ3) is 4.60. The first kappa shape index (κ1) is 21.3. The summed E-state index contributed by atoms with van der Waals surface area (Å²) in [5.74, 6) is -0.634. The van der Waals surface area contributed by atoms with Crippen molar-refractivity contribution in [2.45, 2.75) is 18.7 Å². The van der Waals surface area contributed by atoms with Crippen molar-refractivity contribution in [3.63, 3.8) is 0 Å². The Labute approximate surface area is 173 Å². The van der Waals surface area contributed by atoms with E-state index in [4.69, 9.17) is 10.5 Å². The summed E-state index contributed by atoms with van der Waals surface area (Å²) in [5, 5.41) is 0. The van der Waals surface area contributed by atoms with Gasteiger partial charge in [0.25, 0.3) is 11.8 Å². The fourth-order valence-corrected chi connectivity index (χ4v) is 6.17. The lowest BCUT2D eigenvalue weighted by atomic mass is 10.1. The molecule has 0 atom stereocenters. The monoisotopic (exact) mass is 437 g/mol. The van der Waals surface area contributed by atoms with E-state index in [-0.39, 0.29) is 44.4 Å². The maximum absolute atomic E-state index is 12.9. The zero-order valence-electron chi connectivity index (χ0n) is 16.3. The van der Waals surface area contributed by atoms with Crippen LogP contribution < -0.4 is 10.5 Å². The summed E-state index contributed by atoms with van der Waals surface area (Å²) in [4.78, 5) is 27.5. The molecule has 1 aliphatic heterocycles. The van der Waals surface area contributed by atoms with Crippen molar-refractivity contribution in [2.24, 2.45) is 5.73 Å². The molecule has 1 aliphatic rings. The Balaban J connectivity index is 1.70. The SMILES string of the molecule is Cc1cc(S(=O)(=O)N2CCN(C(=O)c3ccccc3OCC(N)=O)CC2)c(C)s1. The number of hydrogen-bond donors (Lipinski definition) is 1. The van der Waals surface area contributed by atoms with Crippen molar-refractivity contribution in [1.29, 1.82) is 0 Å². The molecule has 2 N–H and O–H groups in total. The first-order valence-corrected chi connectivity index (χ1v) is 11.3. The number of rotatable bonds is 6. The summed E-state index contributed by atoms with van der Waals surface area (Å²) in [6.45, 7) is 4.32. The summed E-state index contributed by atoms with van der Waals surface area (Å²) >= 11 is 1.45. The maximum atomic E-state index is 12.9. The fraction of sp³-hybridized carbons (Fsp3) is 0.368. The van der Waals surface area contributed by atoms with Crippen LogP contribution in [0.15, 0.2) is 35.2 Å². The summed E-state index contributed by atoms with van der Waals surface area (Å²) in [6, 6.07) is 8.30. The lowest BCUT2D eigenvalue weighted by Crippen LogP contribution is -2.50. The predicted octanol–water partition coefficient (Wildman–Crippen LogP) is 1.38. The van der Waals surface area contributed by atoms with Gasteiger partial charge in [-0.1, -0.05) is 12.1 Å². The van der Waals surface area contributed by atoms with E-state index < -0.39 is 15.9 Å². The quantitative estimate of drug-likeness (QED) is 0.734. The molecular formula is C19H23N3O5S2. The van der Waals surface area contributed by atoms with Gasteiger partial charge in [0.05, 0.1) is 10.5 Å². The van der Waals surface area contributed by atoms with Crippen LogP contribution in [0.25, 0.3) is 0 Å². The van der Waals surface area contributed by atoms with Gasteiger partial charge in [-0.15, -0.1) is 11.3 Å². The number of sulfonamides is 1. The van der Waals surface area contributed by atoms with Crippen molar-refractivity contribution in [1.82, 2.24) is 9.21 Å². The minimum absolute atomic E-state index is 0.215. The highest BCUT2D eigenvalue weighted by atomic mass is 32.2. The number of carbonyl (C=O) groups is 2. The molecule has 3 rings (SSSR count). The van der Waals surface area contributed by atoms with Crippen LogP contribution in [0.1, 0.15) is 20.1 Å². The Kier molecular flexibility index (Phi) is 6.25. The normalized spacial score (nSPS) is 15.3. The number of amides is 2. The van der Waals surface area contributed by atoms with Gasteiger partial charge in [0.15, 0.2) is 6.61 Å². The molecule has 1 aromatic heterocycles. The van der Waals surface area contributed by atoms with Crippen LogP contribution >= 0.6 is 11.3 Å². The molecule has 0 unspecified atom stereocenters. The first-order chi connectivity index (χ1) is 13.7. The number of benzene rings is 1. The molecule has 0 saturated carbocycles. The number of ether oxygens (including phenoxy) is 1. The topological polar surface area (TPSA) is 110 Å². The van der Waals surface area contributed by atoms with E-state index in [1.807, 2.05) is 6.92 Å². The Morgan fingerprint density at radius 1 is 1.14 bits per heavy atom. The zero-order chi connectivity index (χ0) is 21.2. The molecule has 1 fully saturated rings. The van der Waals surface area contributed by atoms with Crippen LogP contribution in [0.5, 0.6) is 5.75 Å². The zero-order valence-corrected chi connectivity index (χ0v) is 17.9. The molecule has 0 spiro atoms. The van der Waals surface area contributed by atoms with E-state index in [1.165, 1.54) is 15.6 Å². The van der Waals surface area contributed by atoms with Crippen LogP contribution in [-0.2, 0) is 14.8 Å². The number of piperazine rings is 1. The average Bonchev–Trinajstić information content (AvgIpc) is 3.05. The molecule has 0 aliphatic carbocycles. The number of nitrogens with zero attached hydrogens (tertiary/aromatic N) is 2. The molecule has 1 aromatic carbocycles. The molecule has 2 amide bonds. The predicted molar refractivity (Wildman–Crippen MR) is 110 cm³/mol. The standard InChI is InChI=1S/C19H23N3O5S2/c1-13-11-17(14(2)28-13)29(25,26)22-9-7-21(8-10-22)19(24)15-5-3-4-6-16(15)27-12-18(20)23/h3-6,11H,7-10,12H2,1-2H3,(H2,20,23). The molecule has 2 heterocycles. The van der Waals surface area contributed by atoms with E-state index >= 15 is 0 Å². The van der Waals surface area contributed by atoms with Gasteiger partial charge in [0.1, 0.15) is 5.75 Å². The third-order valence-corrected chi connectivity index (χ3v) is 7.75. The van der Waals surface area contributed by atoms with Gasteiger partial charge >= 0.3 is 0 Å². The van der Waals surface area contributed by atoms with Gasteiger partial charge < -0.3 is 15.4 Å². The van der Waals surface area contributed by atoms with Gasteiger partial charge in [-0.2, -0.15) is 4.31 Å². The number of carbonyl (C=O) groups excluding carboxylic acids is 2. The Morgan fingerprint density at radius 3 is 2.38 bits per heavy atom. The molecular weight excluding hydrogens is 414 g/mol. The van der Waals surface area contributed by atoms with Crippen LogP contribution in [0.4, 0.5) is 0 Å². The van der Waals surface area contributed by atoms with E-state index in [1.54, 1.807) is 42.2 Å². The summed E-state index contributed by atoms with van der Waals surface area (Å²) in [7, 11) is -3.58. The molecule has 2 aromatic rings. The van der Waals surface area contributed by atoms with Crippen LogP contribution in [0.2, 0.25) is 0 Å². The van der Waals surface area contributed by atoms with Gasteiger partial charge in [-0.05, 0) is 32.0 Å². The van der Waals surface area contributed by atoms with Crippen LogP contribution in [0, 0.1) is 13.8 Å². The third-order valence-electron chi connectivity index (χ3n) is 4.63. The number of nitrogens with two attached hydrogens (primary N) is 1. The fourth-order valence-electron chi connectivity index (χ4n) is 3.22. The summed E-state index contributed by atoms with van der Waals surface area (Å²) in [6.07, 6.45) is 0. The van der Waals surface area contributed by atoms with Crippen molar-refractivity contribution < 1.29 is 22.7 Å². The van der Waals surface area contributed by atoms with Gasteiger partial charge in [0, 0.05) is 35.9 Å². The van der Waals surface area contributed by atoms with E-state index in [2.05, 4.69) is 0 Å². The first-order valence-electron chi connectivity index (χ1n) is 9.06. The highest BCUT2D eigenvalue weighted by Crippen LogP contribution is 2.28. The van der Waals surface area contributed by atoms with E-state index in [9.17, 15) is 18.0 Å². The van der Waals surface area contributed by atoms with Crippen molar-refractivity contribution in [3.8, 4) is 5.75 Å². The lowest BCUT2D eigenvalue weighted by molar-refractivity contribution is -0.119. The second-order valence-electron chi connectivity index (χ2n) is 6.72. The molecule has 156 valence electrons. The highest BCUT2D eigenvalue weighted by Gasteiger charge is 2.32. The highest BCUT2D eigenvalue weighted by molar-refractivity contribution is 7.89. The van der Waals surface area contributed by atoms with E-state index in [0.29, 0.717) is 10.5 Å². The van der Waals surface area contributed by atoms with Gasteiger partial charge in [0.2, 0.25) is 10.0 Å². The molecule has 8 nitrogen and oxygen atoms in total. The largest absolute Gasteiger partial charge is 0.483 e. The number of primary amides is 1. The molecule has 29 heavy (non-hydrogen) atoms. The van der Waals surface area contributed by atoms with Crippen LogP contribution in [0.3, 0.4) is 0 Å². The number of hydrogen-bond acceptors (Lipinski definition) is 6. The van der Waals surface area contributed by atoms with Crippen LogP contribution in [-0.4, -0.2) is 62.2 Å². The average molecular weight is 438 g/mol. The Bertz CT molecular complexity index is 1020. The number of aryl methyl sites for hydroxylation is 2. The second kappa shape index (κ2) is 8.52. The number of para-hydroxylation sites is 1. The minimum atomic E-state index is -3.58. The Hall–Kier alpha value is -2.43. The summed E-state index contributed by atoms with van der Waals surface area (Å²) < 4.78 is 32.6. The smallest absolute Gasteiger partial charge is 0.257 e. The molecule has 10 heteroatoms. The second-order valence-corrected chi connectivity index (χ2v) is 10.1. The molecule has 0 radical (unpaired) electrons. The van der Waals surface area contributed by atoms with Gasteiger partial charge in [-0.3, -0.25) is 9.59 Å². The van der Waals surface area contributed by atoms with Crippen molar-refractivity contribution in [2.75, 3.05) is 32.8 Å². The molecule has 0 bridgehead atoms. The van der Waals surface area contributed by atoms with Gasteiger partial charge in [-0.25, -0.2) is 8.42 Å². The van der Waals surface area contributed by atoms with Crippen molar-refractivity contribution in [3.05, 3.63) is 45.6 Å². The summed E-state index contributed by atoms with van der Waals surface area (Å²) in [5.41, 5.74) is 5.42. The lowest BCUT2D eigenvalue weighted by Gasteiger charge is -2.34. The molecule has 1 saturated heterocycles. The Morgan fingerprint density at radius 2 is 1.79 bits per heavy atom.